The quantitative estimate of drug-likeness (QED) is 0.374. The number of halogens is 5. The highest BCUT2D eigenvalue weighted by Crippen LogP contribution is 2.27. The molecule has 2 saturated heterocycles. The molecule has 4 aromatic rings. The van der Waals surface area contributed by atoms with Crippen LogP contribution in [0.25, 0.3) is 22.3 Å². The van der Waals surface area contributed by atoms with Gasteiger partial charge in [0.05, 0.1) is 39.1 Å². The van der Waals surface area contributed by atoms with Crippen molar-refractivity contribution < 1.29 is 22.6 Å². The monoisotopic (exact) mass is 560 g/mol. The predicted molar refractivity (Wildman–Crippen MR) is 129 cm³/mol. The molecule has 17 heteroatoms. The van der Waals surface area contributed by atoms with Gasteiger partial charge in [0.1, 0.15) is 12.1 Å². The number of nitrogens with one attached hydrogen (secondary N) is 1. The van der Waals surface area contributed by atoms with E-state index in [9.17, 15) is 13.2 Å². The topological polar surface area (TPSA) is 123 Å². The summed E-state index contributed by atoms with van der Waals surface area (Å²) in [6, 6.07) is 0. The number of fused-ring (bicyclic) bond motifs is 2. The van der Waals surface area contributed by atoms with Gasteiger partial charge in [-0.15, -0.1) is 0 Å². The van der Waals surface area contributed by atoms with Crippen LogP contribution in [0.3, 0.4) is 0 Å². The minimum atomic E-state index is -4.36. The fraction of sp³-hybridized carbons (Fsp3) is 0.500. The van der Waals surface area contributed by atoms with E-state index in [0.29, 0.717) is 56.5 Å². The maximum Gasteiger partial charge on any atom is 0.406 e. The number of hydrogen-bond donors (Lipinski definition) is 1. The summed E-state index contributed by atoms with van der Waals surface area (Å²) in [5.41, 5.74) is 1.81. The lowest BCUT2D eigenvalue weighted by Gasteiger charge is -2.27. The molecule has 0 bridgehead atoms. The van der Waals surface area contributed by atoms with Crippen LogP contribution in [-0.2, 0) is 16.0 Å². The van der Waals surface area contributed by atoms with Crippen molar-refractivity contribution in [2.24, 2.45) is 0 Å². The van der Waals surface area contributed by atoms with E-state index in [1.165, 1.54) is 0 Å². The Balaban J connectivity index is 0.000000157. The van der Waals surface area contributed by atoms with Crippen molar-refractivity contribution in [1.29, 1.82) is 0 Å². The highest BCUT2D eigenvalue weighted by atomic mass is 35.5. The second-order valence-electron chi connectivity index (χ2n) is 8.09. The number of H-pyrrole nitrogens is 1. The van der Waals surface area contributed by atoms with Crippen LogP contribution in [0.1, 0.15) is 0 Å². The summed E-state index contributed by atoms with van der Waals surface area (Å²) in [5.74, 6) is 1.24. The molecule has 6 heterocycles. The molecule has 0 atom stereocenters. The first-order valence-electron chi connectivity index (χ1n) is 11.3. The molecular weight excluding hydrogens is 540 g/mol. The zero-order valence-electron chi connectivity index (χ0n) is 19.2. The van der Waals surface area contributed by atoms with E-state index in [2.05, 4.69) is 39.8 Å². The fourth-order valence-electron chi connectivity index (χ4n) is 4.00. The molecule has 0 aliphatic carbocycles. The number of morpholine rings is 2. The van der Waals surface area contributed by atoms with Crippen molar-refractivity contribution in [3.05, 3.63) is 23.2 Å². The smallest absolute Gasteiger partial charge is 0.378 e. The van der Waals surface area contributed by atoms with Gasteiger partial charge in [0, 0.05) is 26.2 Å². The van der Waals surface area contributed by atoms with Gasteiger partial charge in [-0.05, 0) is 23.2 Å². The molecular formula is C20H21Cl2F3N10O2. The Morgan fingerprint density at radius 3 is 2.08 bits per heavy atom. The molecule has 0 aromatic carbocycles. The summed E-state index contributed by atoms with van der Waals surface area (Å²) in [6.07, 6.45) is -1.66. The Labute approximate surface area is 217 Å². The van der Waals surface area contributed by atoms with E-state index in [1.54, 1.807) is 6.33 Å². The minimum absolute atomic E-state index is 0.0776. The first-order valence-corrected chi connectivity index (χ1v) is 12.0. The maximum absolute atomic E-state index is 12.6. The zero-order chi connectivity index (χ0) is 26.0. The summed E-state index contributed by atoms with van der Waals surface area (Å²) < 4.78 is 49.1. The number of rotatable bonds is 3. The lowest BCUT2D eigenvalue weighted by Crippen LogP contribution is -2.37. The SMILES string of the molecule is Clc1nc(N2CCOCC2)c2[nH]cnc2n1.FC(F)(F)Cn1cnc2c(N3CCOCC3)nc(Cl)nc21. The highest BCUT2D eigenvalue weighted by molar-refractivity contribution is 6.29. The average Bonchev–Trinajstić information content (AvgIpc) is 3.51. The number of nitrogens with zero attached hydrogens (tertiary/aromatic N) is 9. The molecule has 198 valence electrons. The van der Waals surface area contributed by atoms with Crippen molar-refractivity contribution in [1.82, 2.24) is 39.5 Å². The van der Waals surface area contributed by atoms with Crippen molar-refractivity contribution in [3.8, 4) is 0 Å². The van der Waals surface area contributed by atoms with E-state index in [-0.39, 0.29) is 16.2 Å². The standard InChI is InChI=1S/C11H11ClF3N5O.C9H10ClN5O/c12-10-17-8(19-1-3-21-4-2-19)7-9(18-10)20(6-16-7)5-11(13,14)15;10-9-13-7-6(11-5-12-7)8(14-9)15-1-3-16-4-2-15/h6H,1-5H2;5H,1-4H2,(H,11,12,13,14). The van der Waals surface area contributed by atoms with Gasteiger partial charge >= 0.3 is 6.18 Å². The highest BCUT2D eigenvalue weighted by Gasteiger charge is 2.30. The molecule has 37 heavy (non-hydrogen) atoms. The van der Waals surface area contributed by atoms with E-state index in [1.807, 2.05) is 4.90 Å². The van der Waals surface area contributed by atoms with Gasteiger partial charge in [-0.25, -0.2) is 9.97 Å². The van der Waals surface area contributed by atoms with Gasteiger partial charge < -0.3 is 28.8 Å². The first kappa shape index (κ1) is 25.6. The van der Waals surface area contributed by atoms with Gasteiger partial charge in [-0.2, -0.15) is 33.1 Å². The van der Waals surface area contributed by atoms with Crippen LogP contribution in [0.5, 0.6) is 0 Å². The molecule has 1 N–H and O–H groups in total. The Hall–Kier alpha value is -3.01. The minimum Gasteiger partial charge on any atom is -0.378 e. The number of ether oxygens (including phenoxy) is 2. The number of aromatic amines is 1. The third kappa shape index (κ3) is 5.95. The summed E-state index contributed by atoms with van der Waals surface area (Å²) in [7, 11) is 0. The average molecular weight is 561 g/mol. The van der Waals surface area contributed by atoms with Crippen LogP contribution >= 0.6 is 23.2 Å². The molecule has 2 fully saturated rings. The van der Waals surface area contributed by atoms with Crippen LogP contribution in [0.4, 0.5) is 24.8 Å². The van der Waals surface area contributed by atoms with Crippen LogP contribution in [0.15, 0.2) is 12.7 Å². The number of hydrogen-bond acceptors (Lipinski definition) is 10. The largest absolute Gasteiger partial charge is 0.406 e. The lowest BCUT2D eigenvalue weighted by molar-refractivity contribution is -0.140. The molecule has 0 unspecified atom stereocenters. The van der Waals surface area contributed by atoms with Crippen molar-refractivity contribution in [2.45, 2.75) is 12.7 Å². The number of alkyl halides is 3. The van der Waals surface area contributed by atoms with E-state index < -0.39 is 12.7 Å². The molecule has 6 rings (SSSR count). The van der Waals surface area contributed by atoms with E-state index in [0.717, 1.165) is 35.3 Å². The van der Waals surface area contributed by atoms with Crippen LogP contribution < -0.4 is 9.80 Å². The van der Waals surface area contributed by atoms with Crippen LogP contribution in [0, 0.1) is 0 Å². The third-order valence-corrected chi connectivity index (χ3v) is 5.97. The van der Waals surface area contributed by atoms with Crippen LogP contribution in [0.2, 0.25) is 10.6 Å². The molecule has 4 aromatic heterocycles. The van der Waals surface area contributed by atoms with Crippen LogP contribution in [-0.4, -0.2) is 98.2 Å². The summed E-state index contributed by atoms with van der Waals surface area (Å²) >= 11 is 11.7. The van der Waals surface area contributed by atoms with E-state index >= 15 is 0 Å². The van der Waals surface area contributed by atoms with Gasteiger partial charge in [-0.1, -0.05) is 0 Å². The van der Waals surface area contributed by atoms with Crippen molar-refractivity contribution in [3.63, 3.8) is 0 Å². The third-order valence-electron chi connectivity index (χ3n) is 5.63. The van der Waals surface area contributed by atoms with Gasteiger partial charge in [0.15, 0.2) is 28.4 Å². The Morgan fingerprint density at radius 1 is 0.838 bits per heavy atom. The van der Waals surface area contributed by atoms with Gasteiger partial charge in [0.25, 0.3) is 0 Å². The van der Waals surface area contributed by atoms with Crippen molar-refractivity contribution in [2.75, 3.05) is 62.4 Å². The Bertz CT molecular complexity index is 1370. The zero-order valence-corrected chi connectivity index (χ0v) is 20.8. The normalized spacial score (nSPS) is 16.8. The molecule has 0 amide bonds. The fourth-order valence-corrected chi connectivity index (χ4v) is 4.32. The molecule has 12 nitrogen and oxygen atoms in total. The van der Waals surface area contributed by atoms with E-state index in [4.69, 9.17) is 32.7 Å². The molecule has 2 aliphatic heterocycles. The lowest BCUT2D eigenvalue weighted by atomic mass is 10.3. The predicted octanol–water partition coefficient (Wildman–Crippen LogP) is 2.72. The summed E-state index contributed by atoms with van der Waals surface area (Å²) in [4.78, 5) is 31.4. The number of imidazole rings is 2. The second-order valence-corrected chi connectivity index (χ2v) is 8.77. The molecule has 0 spiro atoms. The second kappa shape index (κ2) is 10.8. The van der Waals surface area contributed by atoms with Crippen molar-refractivity contribution >= 4 is 57.2 Å². The number of anilines is 2. The van der Waals surface area contributed by atoms with Gasteiger partial charge in [-0.3, -0.25) is 0 Å². The summed E-state index contributed by atoms with van der Waals surface area (Å²) in [5, 5.41) is 0.119. The molecule has 0 saturated carbocycles. The Kier molecular flexibility index (Phi) is 7.46. The Morgan fingerprint density at radius 2 is 1.43 bits per heavy atom. The molecule has 2 aliphatic rings. The first-order chi connectivity index (χ1) is 17.8. The summed E-state index contributed by atoms with van der Waals surface area (Å²) in [6.45, 7) is 4.05. The molecule has 0 radical (unpaired) electrons. The number of aromatic nitrogens is 8. The maximum atomic E-state index is 12.6. The van der Waals surface area contributed by atoms with Gasteiger partial charge in [0.2, 0.25) is 10.6 Å².